The van der Waals surface area contributed by atoms with Gasteiger partial charge in [0.15, 0.2) is 5.78 Å². The number of hydrogen-bond donors (Lipinski definition) is 1. The largest absolute Gasteiger partial charge is 0.497 e. The van der Waals surface area contributed by atoms with E-state index in [-0.39, 0.29) is 17.4 Å². The van der Waals surface area contributed by atoms with Crippen molar-refractivity contribution in [2.75, 3.05) is 18.2 Å². The molecule has 6 nitrogen and oxygen atoms in total. The van der Waals surface area contributed by atoms with Gasteiger partial charge >= 0.3 is 0 Å². The molecule has 1 N–H and O–H groups in total. The summed E-state index contributed by atoms with van der Waals surface area (Å²) in [7, 11) is 1.58. The maximum Gasteiger partial charge on any atom is 0.234 e. The number of anilines is 1. The molecule has 140 valence electrons. The van der Waals surface area contributed by atoms with Gasteiger partial charge in [-0.25, -0.2) is 4.98 Å². The number of pyridine rings is 1. The minimum Gasteiger partial charge on any atom is -0.497 e. The third-order valence-corrected chi connectivity index (χ3v) is 5.02. The molecule has 0 fully saturated rings. The van der Waals surface area contributed by atoms with Crippen molar-refractivity contribution >= 4 is 40.0 Å². The predicted octanol–water partition coefficient (Wildman–Crippen LogP) is 4.05. The zero-order chi connectivity index (χ0) is 20.1. The Hall–Kier alpha value is -3.37. The van der Waals surface area contributed by atoms with Crippen molar-refractivity contribution in [2.24, 2.45) is 0 Å². The molecule has 0 bridgehead atoms. The second-order valence-corrected chi connectivity index (χ2v) is 6.95. The fourth-order valence-corrected chi connectivity index (χ4v) is 3.33. The number of aromatic nitrogens is 1. The van der Waals surface area contributed by atoms with Crippen LogP contribution in [0.5, 0.6) is 5.75 Å². The Morgan fingerprint density at radius 3 is 2.57 bits per heavy atom. The van der Waals surface area contributed by atoms with Gasteiger partial charge in [0, 0.05) is 22.7 Å². The molecule has 3 aromatic rings. The molecule has 0 saturated carbocycles. The van der Waals surface area contributed by atoms with Crippen LogP contribution in [0.3, 0.4) is 0 Å². The maximum absolute atomic E-state index is 12.2. The molecule has 2 aromatic carbocycles. The van der Waals surface area contributed by atoms with E-state index in [0.717, 1.165) is 5.39 Å². The molecule has 0 spiro atoms. The number of nitrogens with one attached hydrogen (secondary N) is 1. The summed E-state index contributed by atoms with van der Waals surface area (Å²) < 4.78 is 5.21. The SMILES string of the molecule is COc1ccc2cc(C#N)c(SCC(=O)Nc3ccc(C(C)=O)cc3)nc2c1. The van der Waals surface area contributed by atoms with Gasteiger partial charge < -0.3 is 10.1 Å². The number of benzene rings is 2. The molecule has 0 aliphatic heterocycles. The summed E-state index contributed by atoms with van der Waals surface area (Å²) in [6.45, 7) is 1.49. The summed E-state index contributed by atoms with van der Waals surface area (Å²) >= 11 is 1.19. The normalized spacial score (nSPS) is 10.3. The lowest BCUT2D eigenvalue weighted by Gasteiger charge is -2.08. The second kappa shape index (κ2) is 8.55. The molecule has 1 aromatic heterocycles. The molecule has 1 heterocycles. The quantitative estimate of drug-likeness (QED) is 0.503. The fraction of sp³-hybridized carbons (Fsp3) is 0.143. The number of nitrogens with zero attached hydrogens (tertiary/aromatic N) is 2. The Balaban J connectivity index is 1.72. The molecule has 0 aliphatic carbocycles. The highest BCUT2D eigenvalue weighted by Crippen LogP contribution is 2.27. The zero-order valence-corrected chi connectivity index (χ0v) is 16.2. The number of carbonyl (C=O) groups excluding carboxylic acids is 2. The van der Waals surface area contributed by atoms with Gasteiger partial charge in [0.05, 0.1) is 23.9 Å². The molecule has 3 rings (SSSR count). The first-order valence-electron chi connectivity index (χ1n) is 8.42. The average molecular weight is 391 g/mol. The van der Waals surface area contributed by atoms with Gasteiger partial charge in [0.2, 0.25) is 5.91 Å². The number of methoxy groups -OCH3 is 1. The number of hydrogen-bond acceptors (Lipinski definition) is 6. The summed E-state index contributed by atoms with van der Waals surface area (Å²) in [4.78, 5) is 28.0. The van der Waals surface area contributed by atoms with E-state index in [1.54, 1.807) is 43.5 Å². The number of fused-ring (bicyclic) bond motifs is 1. The second-order valence-electron chi connectivity index (χ2n) is 5.98. The van der Waals surface area contributed by atoms with E-state index < -0.39 is 0 Å². The number of thioether (sulfide) groups is 1. The number of carbonyl (C=O) groups is 2. The minimum atomic E-state index is -0.225. The van der Waals surface area contributed by atoms with Crippen LogP contribution in [0, 0.1) is 11.3 Å². The topological polar surface area (TPSA) is 92.1 Å². The predicted molar refractivity (Wildman–Crippen MR) is 109 cm³/mol. The highest BCUT2D eigenvalue weighted by molar-refractivity contribution is 8.00. The van der Waals surface area contributed by atoms with Gasteiger partial charge in [-0.3, -0.25) is 9.59 Å². The number of rotatable bonds is 6. The zero-order valence-electron chi connectivity index (χ0n) is 15.4. The van der Waals surface area contributed by atoms with Crippen molar-refractivity contribution in [3.05, 3.63) is 59.7 Å². The lowest BCUT2D eigenvalue weighted by molar-refractivity contribution is -0.113. The van der Waals surface area contributed by atoms with Crippen molar-refractivity contribution in [1.82, 2.24) is 4.98 Å². The van der Waals surface area contributed by atoms with E-state index in [1.165, 1.54) is 18.7 Å². The van der Waals surface area contributed by atoms with Crippen LogP contribution in [0.4, 0.5) is 5.69 Å². The summed E-state index contributed by atoms with van der Waals surface area (Å²) in [5.41, 5.74) is 2.30. The van der Waals surface area contributed by atoms with Gasteiger partial charge in [0.25, 0.3) is 0 Å². The Labute approximate surface area is 166 Å². The lowest BCUT2D eigenvalue weighted by atomic mass is 10.1. The number of Topliss-reactive ketones (excluding diaryl/α,β-unsaturated/α-hetero) is 1. The van der Waals surface area contributed by atoms with E-state index in [9.17, 15) is 14.9 Å². The smallest absolute Gasteiger partial charge is 0.234 e. The van der Waals surface area contributed by atoms with Crippen LogP contribution >= 0.6 is 11.8 Å². The van der Waals surface area contributed by atoms with Gasteiger partial charge in [0.1, 0.15) is 16.8 Å². The van der Waals surface area contributed by atoms with Gasteiger partial charge in [-0.1, -0.05) is 11.8 Å². The van der Waals surface area contributed by atoms with E-state index in [0.29, 0.717) is 33.1 Å². The number of amides is 1. The number of ketones is 1. The summed E-state index contributed by atoms with van der Waals surface area (Å²) in [5.74, 6) is 0.520. The maximum atomic E-state index is 12.2. The minimum absolute atomic E-state index is 0.0310. The van der Waals surface area contributed by atoms with E-state index in [1.807, 2.05) is 12.1 Å². The molecule has 28 heavy (non-hydrogen) atoms. The van der Waals surface area contributed by atoms with E-state index in [4.69, 9.17) is 4.74 Å². The molecular weight excluding hydrogens is 374 g/mol. The first kappa shape index (κ1) is 19.4. The highest BCUT2D eigenvalue weighted by atomic mass is 32.2. The molecule has 7 heteroatoms. The standard InChI is InChI=1S/C21H17N3O3S/c1-13(25)14-3-6-17(7-4-14)23-20(26)12-28-21-16(11-22)9-15-5-8-18(27-2)10-19(15)24-21/h3-10H,12H2,1-2H3,(H,23,26). The summed E-state index contributed by atoms with van der Waals surface area (Å²) in [6, 6.07) is 16.0. The van der Waals surface area contributed by atoms with Crippen LogP contribution in [-0.4, -0.2) is 29.5 Å². The van der Waals surface area contributed by atoms with Crippen molar-refractivity contribution in [3.63, 3.8) is 0 Å². The monoisotopic (exact) mass is 391 g/mol. The lowest BCUT2D eigenvalue weighted by Crippen LogP contribution is -2.14. The van der Waals surface area contributed by atoms with Crippen LogP contribution in [0.25, 0.3) is 10.9 Å². The molecule has 0 atom stereocenters. The van der Waals surface area contributed by atoms with Crippen molar-refractivity contribution < 1.29 is 14.3 Å². The first-order valence-corrected chi connectivity index (χ1v) is 9.41. The van der Waals surface area contributed by atoms with Crippen LogP contribution in [0.15, 0.2) is 53.6 Å². The number of ether oxygens (including phenoxy) is 1. The highest BCUT2D eigenvalue weighted by Gasteiger charge is 2.11. The van der Waals surface area contributed by atoms with Crippen molar-refractivity contribution in [3.8, 4) is 11.8 Å². The first-order chi connectivity index (χ1) is 13.5. The van der Waals surface area contributed by atoms with Crippen LogP contribution < -0.4 is 10.1 Å². The molecule has 0 radical (unpaired) electrons. The van der Waals surface area contributed by atoms with Crippen LogP contribution in [-0.2, 0) is 4.79 Å². The average Bonchev–Trinajstić information content (AvgIpc) is 2.71. The Kier molecular flexibility index (Phi) is 5.92. The van der Waals surface area contributed by atoms with Crippen molar-refractivity contribution in [2.45, 2.75) is 11.9 Å². The molecule has 0 unspecified atom stereocenters. The molecular formula is C21H17N3O3S. The Morgan fingerprint density at radius 1 is 1.18 bits per heavy atom. The Morgan fingerprint density at radius 2 is 1.93 bits per heavy atom. The van der Waals surface area contributed by atoms with E-state index >= 15 is 0 Å². The van der Waals surface area contributed by atoms with Gasteiger partial charge in [-0.05, 0) is 49.4 Å². The van der Waals surface area contributed by atoms with E-state index in [2.05, 4.69) is 16.4 Å². The van der Waals surface area contributed by atoms with Crippen LogP contribution in [0.2, 0.25) is 0 Å². The summed E-state index contributed by atoms with van der Waals surface area (Å²) in [6.07, 6.45) is 0. The summed E-state index contributed by atoms with van der Waals surface area (Å²) in [5, 5.41) is 13.5. The molecule has 0 saturated heterocycles. The van der Waals surface area contributed by atoms with Crippen LogP contribution in [0.1, 0.15) is 22.8 Å². The van der Waals surface area contributed by atoms with Crippen molar-refractivity contribution in [1.29, 1.82) is 5.26 Å². The third kappa shape index (κ3) is 4.48. The number of nitriles is 1. The van der Waals surface area contributed by atoms with Gasteiger partial charge in [-0.15, -0.1) is 0 Å². The van der Waals surface area contributed by atoms with Gasteiger partial charge in [-0.2, -0.15) is 5.26 Å². The third-order valence-electron chi connectivity index (χ3n) is 4.03. The Bertz CT molecular complexity index is 1090. The fourth-order valence-electron chi connectivity index (χ4n) is 2.57. The molecule has 1 amide bonds. The molecule has 0 aliphatic rings.